The molecule has 2 N–H and O–H groups in total. The van der Waals surface area contributed by atoms with Crippen molar-refractivity contribution in [1.82, 2.24) is 4.98 Å². The summed E-state index contributed by atoms with van der Waals surface area (Å²) in [5, 5.41) is 0.169. The molecule has 6 heteroatoms. The van der Waals surface area contributed by atoms with Gasteiger partial charge in [-0.1, -0.05) is 23.7 Å². The average Bonchev–Trinajstić information content (AvgIpc) is 2.40. The Morgan fingerprint density at radius 2 is 2.00 bits per heavy atom. The fourth-order valence-corrected chi connectivity index (χ4v) is 1.79. The highest BCUT2D eigenvalue weighted by atomic mass is 35.5. The Morgan fingerprint density at radius 1 is 1.32 bits per heavy atom. The maximum Gasteiger partial charge on any atom is 0.278 e. The van der Waals surface area contributed by atoms with Crippen molar-refractivity contribution < 1.29 is 9.18 Å². The van der Waals surface area contributed by atoms with Gasteiger partial charge in [0.15, 0.2) is 0 Å². The molecule has 0 saturated heterocycles. The van der Waals surface area contributed by atoms with Gasteiger partial charge in [0.2, 0.25) is 0 Å². The lowest BCUT2D eigenvalue weighted by molar-refractivity contribution is 0.0987. The van der Waals surface area contributed by atoms with E-state index in [-0.39, 0.29) is 22.2 Å². The molecule has 1 aromatic heterocycles. The smallest absolute Gasteiger partial charge is 0.278 e. The van der Waals surface area contributed by atoms with E-state index in [2.05, 4.69) is 4.98 Å². The van der Waals surface area contributed by atoms with Gasteiger partial charge >= 0.3 is 0 Å². The topological polar surface area (TPSA) is 59.2 Å². The van der Waals surface area contributed by atoms with Crippen LogP contribution < -0.4 is 10.6 Å². The largest absolute Gasteiger partial charge is 0.384 e. The predicted octanol–water partition coefficient (Wildman–Crippen LogP) is 2.73. The number of carbonyl (C=O) groups is 1. The Morgan fingerprint density at radius 3 is 2.68 bits per heavy atom. The number of anilines is 2. The molecule has 0 aliphatic rings. The zero-order valence-electron chi connectivity index (χ0n) is 10.1. The summed E-state index contributed by atoms with van der Waals surface area (Å²) in [5.74, 6) is -0.851. The lowest BCUT2D eigenvalue weighted by atomic mass is 10.2. The molecule has 0 saturated carbocycles. The molecule has 19 heavy (non-hydrogen) atoms. The van der Waals surface area contributed by atoms with Crippen molar-refractivity contribution in [2.75, 3.05) is 17.7 Å². The number of hydrogen-bond acceptors (Lipinski definition) is 3. The first-order valence-electron chi connectivity index (χ1n) is 5.45. The number of aromatic nitrogens is 1. The van der Waals surface area contributed by atoms with Crippen molar-refractivity contribution in [1.29, 1.82) is 0 Å². The minimum Gasteiger partial charge on any atom is -0.384 e. The van der Waals surface area contributed by atoms with E-state index >= 15 is 0 Å². The average molecular weight is 280 g/mol. The van der Waals surface area contributed by atoms with Gasteiger partial charge in [0, 0.05) is 7.05 Å². The van der Waals surface area contributed by atoms with Crippen molar-refractivity contribution in [3.63, 3.8) is 0 Å². The summed E-state index contributed by atoms with van der Waals surface area (Å²) in [6, 6.07) is 8.91. The number of para-hydroxylation sites is 1. The Kier molecular flexibility index (Phi) is 3.66. The van der Waals surface area contributed by atoms with Gasteiger partial charge in [-0.3, -0.25) is 4.79 Å². The van der Waals surface area contributed by atoms with Crippen LogP contribution in [0.5, 0.6) is 0 Å². The van der Waals surface area contributed by atoms with Gasteiger partial charge in [-0.25, -0.2) is 9.37 Å². The Hall–Kier alpha value is -2.14. The molecule has 0 aliphatic carbocycles. The van der Waals surface area contributed by atoms with Crippen molar-refractivity contribution in [2.45, 2.75) is 0 Å². The van der Waals surface area contributed by atoms with Crippen molar-refractivity contribution in [3.8, 4) is 0 Å². The van der Waals surface area contributed by atoms with Crippen LogP contribution in [0.3, 0.4) is 0 Å². The van der Waals surface area contributed by atoms with E-state index < -0.39 is 11.7 Å². The molecular formula is C13H11ClFN3O. The Labute approximate surface area is 114 Å². The van der Waals surface area contributed by atoms with Crippen LogP contribution in [0.25, 0.3) is 0 Å². The number of nitrogens with zero attached hydrogens (tertiary/aromatic N) is 2. The summed E-state index contributed by atoms with van der Waals surface area (Å²) in [7, 11) is 1.45. The lowest BCUT2D eigenvalue weighted by Gasteiger charge is -2.18. The molecule has 0 unspecified atom stereocenters. The van der Waals surface area contributed by atoms with Gasteiger partial charge in [0.25, 0.3) is 5.91 Å². The third kappa shape index (κ3) is 2.66. The number of rotatable bonds is 2. The molecule has 98 valence electrons. The van der Waals surface area contributed by atoms with E-state index in [1.807, 2.05) is 0 Å². The quantitative estimate of drug-likeness (QED) is 0.919. The molecule has 4 nitrogen and oxygen atoms in total. The second-order valence-electron chi connectivity index (χ2n) is 3.88. The SMILES string of the molecule is CN(C(=O)c1nc(N)ccc1Cl)c1ccccc1F. The highest BCUT2D eigenvalue weighted by Gasteiger charge is 2.20. The highest BCUT2D eigenvalue weighted by molar-refractivity contribution is 6.34. The first-order chi connectivity index (χ1) is 9.00. The summed E-state index contributed by atoms with van der Waals surface area (Å²) in [6.45, 7) is 0. The summed E-state index contributed by atoms with van der Waals surface area (Å²) in [4.78, 5) is 17.3. The molecule has 0 atom stereocenters. The standard InChI is InChI=1S/C13H11ClFN3O/c1-18(10-5-3-2-4-9(10)15)13(19)12-8(14)6-7-11(16)17-12/h2-7H,1H3,(H2,16,17). The molecule has 0 fully saturated rings. The number of nitrogen functional groups attached to an aromatic ring is 1. The van der Waals surface area contributed by atoms with Crippen molar-refractivity contribution >= 4 is 29.0 Å². The van der Waals surface area contributed by atoms with Crippen LogP contribution in [0, 0.1) is 5.82 Å². The molecule has 2 rings (SSSR count). The van der Waals surface area contributed by atoms with E-state index in [0.29, 0.717) is 0 Å². The van der Waals surface area contributed by atoms with Crippen LogP contribution in [0.15, 0.2) is 36.4 Å². The number of hydrogen-bond donors (Lipinski definition) is 1. The van der Waals surface area contributed by atoms with Crippen LogP contribution in [-0.4, -0.2) is 17.9 Å². The first-order valence-corrected chi connectivity index (χ1v) is 5.83. The fraction of sp³-hybridized carbons (Fsp3) is 0.0769. The molecule has 1 aromatic carbocycles. The summed E-state index contributed by atoms with van der Waals surface area (Å²) < 4.78 is 13.6. The molecule has 0 bridgehead atoms. The van der Waals surface area contributed by atoms with Gasteiger partial charge in [0.1, 0.15) is 17.3 Å². The molecule has 2 aromatic rings. The normalized spacial score (nSPS) is 10.3. The van der Waals surface area contributed by atoms with E-state index in [0.717, 1.165) is 4.90 Å². The summed E-state index contributed by atoms with van der Waals surface area (Å²) in [6.07, 6.45) is 0. The maximum absolute atomic E-state index is 13.6. The lowest BCUT2D eigenvalue weighted by Crippen LogP contribution is -2.28. The zero-order chi connectivity index (χ0) is 14.0. The number of halogens is 2. The molecule has 0 spiro atoms. The van der Waals surface area contributed by atoms with Gasteiger partial charge in [-0.2, -0.15) is 0 Å². The first kappa shape index (κ1) is 13.3. The van der Waals surface area contributed by atoms with Crippen LogP contribution in [0.2, 0.25) is 5.02 Å². The minimum absolute atomic E-state index is 0.00702. The van der Waals surface area contributed by atoms with E-state index in [1.54, 1.807) is 12.1 Å². The molecule has 0 radical (unpaired) electrons. The third-order valence-corrected chi connectivity index (χ3v) is 2.89. The van der Waals surface area contributed by atoms with Gasteiger partial charge in [-0.15, -0.1) is 0 Å². The van der Waals surface area contributed by atoms with Crippen LogP contribution in [0.4, 0.5) is 15.9 Å². The molecule has 1 amide bonds. The monoisotopic (exact) mass is 279 g/mol. The molecule has 0 aliphatic heterocycles. The van der Waals surface area contributed by atoms with Crippen molar-refractivity contribution in [3.05, 3.63) is 52.9 Å². The zero-order valence-corrected chi connectivity index (χ0v) is 10.9. The molecular weight excluding hydrogens is 269 g/mol. The van der Waals surface area contributed by atoms with Gasteiger partial charge < -0.3 is 10.6 Å². The van der Waals surface area contributed by atoms with Crippen LogP contribution in [0.1, 0.15) is 10.5 Å². The number of benzene rings is 1. The van der Waals surface area contributed by atoms with Gasteiger partial charge in [-0.05, 0) is 24.3 Å². The number of nitrogens with two attached hydrogens (primary N) is 1. The summed E-state index contributed by atoms with van der Waals surface area (Å²) in [5.41, 5.74) is 5.66. The fourth-order valence-electron chi connectivity index (χ4n) is 1.60. The van der Waals surface area contributed by atoms with E-state index in [1.165, 1.54) is 31.3 Å². The van der Waals surface area contributed by atoms with E-state index in [9.17, 15) is 9.18 Å². The van der Waals surface area contributed by atoms with E-state index in [4.69, 9.17) is 17.3 Å². The number of amides is 1. The van der Waals surface area contributed by atoms with Crippen LogP contribution >= 0.6 is 11.6 Å². The predicted molar refractivity (Wildman–Crippen MR) is 72.8 cm³/mol. The van der Waals surface area contributed by atoms with Crippen molar-refractivity contribution in [2.24, 2.45) is 0 Å². The Balaban J connectivity index is 2.39. The molecule has 1 heterocycles. The number of carbonyl (C=O) groups excluding carboxylic acids is 1. The van der Waals surface area contributed by atoms with Gasteiger partial charge in [0.05, 0.1) is 10.7 Å². The maximum atomic E-state index is 13.6. The van der Waals surface area contributed by atoms with Crippen LogP contribution in [-0.2, 0) is 0 Å². The summed E-state index contributed by atoms with van der Waals surface area (Å²) >= 11 is 5.90. The number of pyridine rings is 1. The Bertz CT molecular complexity index is 633. The second-order valence-corrected chi connectivity index (χ2v) is 4.29. The highest BCUT2D eigenvalue weighted by Crippen LogP contribution is 2.22. The minimum atomic E-state index is -0.526. The third-order valence-electron chi connectivity index (χ3n) is 2.59. The second kappa shape index (κ2) is 5.24.